The Morgan fingerprint density at radius 3 is 2.88 bits per heavy atom. The first-order valence-corrected chi connectivity index (χ1v) is 5.77. The lowest BCUT2D eigenvalue weighted by Crippen LogP contribution is -2.41. The van der Waals surface area contributed by atoms with Crippen LogP contribution in [0, 0.1) is 0 Å². The third-order valence-corrected chi connectivity index (χ3v) is 3.54. The fraction of sp³-hybridized carbons (Fsp3) is 0.545. The van der Waals surface area contributed by atoms with Gasteiger partial charge in [-0.25, -0.2) is 0 Å². The van der Waals surface area contributed by atoms with Crippen LogP contribution in [0.3, 0.4) is 0 Å². The van der Waals surface area contributed by atoms with Crippen molar-refractivity contribution in [2.24, 2.45) is 12.8 Å². The number of aryl methyl sites for hydroxylation is 1. The Morgan fingerprint density at radius 1 is 1.53 bits per heavy atom. The molecule has 1 fully saturated rings. The Kier molecular flexibility index (Phi) is 2.25. The summed E-state index contributed by atoms with van der Waals surface area (Å²) in [5.74, 6) is 1.26. The summed E-state index contributed by atoms with van der Waals surface area (Å²) < 4.78 is 7.06. The fourth-order valence-corrected chi connectivity index (χ4v) is 2.20. The van der Waals surface area contributed by atoms with Gasteiger partial charge in [0.1, 0.15) is 0 Å². The molecule has 17 heavy (non-hydrogen) atoms. The number of hydrogen-bond donors (Lipinski definition) is 1. The second-order valence-electron chi connectivity index (χ2n) is 4.66. The van der Waals surface area contributed by atoms with E-state index >= 15 is 0 Å². The molecule has 1 aliphatic carbocycles. The Morgan fingerprint density at radius 2 is 2.35 bits per heavy atom. The zero-order valence-electron chi connectivity index (χ0n) is 9.76. The van der Waals surface area contributed by atoms with Crippen LogP contribution in [0.1, 0.15) is 25.2 Å². The van der Waals surface area contributed by atoms with Crippen LogP contribution in [0.5, 0.6) is 0 Å². The number of nitrogens with zero attached hydrogens (tertiary/aromatic N) is 4. The Hall–Kier alpha value is -1.69. The van der Waals surface area contributed by atoms with E-state index in [1.165, 1.54) is 6.42 Å². The van der Waals surface area contributed by atoms with Crippen molar-refractivity contribution in [2.75, 3.05) is 6.54 Å². The minimum absolute atomic E-state index is 0.0759. The highest BCUT2D eigenvalue weighted by Gasteiger charge is 2.42. The Bertz CT molecular complexity index is 520. The standard InChI is InChI=1S/C11H15N5O/c1-16-6-8(5-13-16)9-14-10(17-15-9)11(7-12)3-2-4-11/h5-6H,2-4,7,12H2,1H3. The minimum atomic E-state index is -0.0759. The first kappa shape index (κ1) is 10.5. The molecule has 2 aromatic rings. The highest BCUT2D eigenvalue weighted by atomic mass is 16.5. The molecule has 0 unspecified atom stereocenters. The first-order chi connectivity index (χ1) is 8.23. The van der Waals surface area contributed by atoms with E-state index in [2.05, 4.69) is 15.2 Å². The zero-order chi connectivity index (χ0) is 11.9. The molecule has 0 aliphatic heterocycles. The van der Waals surface area contributed by atoms with Gasteiger partial charge in [0, 0.05) is 19.8 Å². The van der Waals surface area contributed by atoms with E-state index in [4.69, 9.17) is 10.3 Å². The van der Waals surface area contributed by atoms with Gasteiger partial charge < -0.3 is 10.3 Å². The quantitative estimate of drug-likeness (QED) is 0.849. The van der Waals surface area contributed by atoms with Crippen molar-refractivity contribution < 1.29 is 4.52 Å². The molecule has 3 rings (SSSR count). The third-order valence-electron chi connectivity index (χ3n) is 3.54. The summed E-state index contributed by atoms with van der Waals surface area (Å²) in [6, 6.07) is 0. The van der Waals surface area contributed by atoms with Gasteiger partial charge in [-0.2, -0.15) is 10.1 Å². The number of hydrogen-bond acceptors (Lipinski definition) is 5. The molecule has 0 atom stereocenters. The number of nitrogens with two attached hydrogens (primary N) is 1. The van der Waals surface area contributed by atoms with Crippen molar-refractivity contribution in [3.05, 3.63) is 18.3 Å². The summed E-state index contributed by atoms with van der Waals surface area (Å²) in [5, 5.41) is 8.09. The van der Waals surface area contributed by atoms with E-state index in [1.54, 1.807) is 10.9 Å². The lowest BCUT2D eigenvalue weighted by atomic mass is 9.69. The van der Waals surface area contributed by atoms with Gasteiger partial charge in [0.15, 0.2) is 0 Å². The topological polar surface area (TPSA) is 82.8 Å². The van der Waals surface area contributed by atoms with Crippen molar-refractivity contribution in [1.82, 2.24) is 19.9 Å². The molecule has 0 aromatic carbocycles. The maximum Gasteiger partial charge on any atom is 0.234 e. The van der Waals surface area contributed by atoms with E-state index in [-0.39, 0.29) is 5.41 Å². The van der Waals surface area contributed by atoms with Gasteiger partial charge in [0.05, 0.1) is 17.2 Å². The molecule has 0 spiro atoms. The lowest BCUT2D eigenvalue weighted by Gasteiger charge is -2.36. The zero-order valence-corrected chi connectivity index (χ0v) is 9.76. The Balaban J connectivity index is 1.92. The van der Waals surface area contributed by atoms with Gasteiger partial charge >= 0.3 is 0 Å². The molecule has 0 saturated heterocycles. The predicted molar refractivity (Wildman–Crippen MR) is 61.1 cm³/mol. The van der Waals surface area contributed by atoms with Crippen molar-refractivity contribution in [3.8, 4) is 11.4 Å². The van der Waals surface area contributed by atoms with Crippen molar-refractivity contribution in [3.63, 3.8) is 0 Å². The second-order valence-corrected chi connectivity index (χ2v) is 4.66. The van der Waals surface area contributed by atoms with Crippen molar-refractivity contribution in [1.29, 1.82) is 0 Å². The van der Waals surface area contributed by atoms with Crippen LogP contribution < -0.4 is 5.73 Å². The summed E-state index contributed by atoms with van der Waals surface area (Å²) in [5.41, 5.74) is 6.60. The van der Waals surface area contributed by atoms with Crippen LogP contribution in [-0.4, -0.2) is 26.5 Å². The lowest BCUT2D eigenvalue weighted by molar-refractivity contribution is 0.182. The van der Waals surface area contributed by atoms with E-state index in [0.717, 1.165) is 18.4 Å². The Labute approximate surface area is 98.8 Å². The van der Waals surface area contributed by atoms with Crippen LogP contribution >= 0.6 is 0 Å². The maximum atomic E-state index is 5.81. The number of rotatable bonds is 3. The molecule has 90 valence electrons. The van der Waals surface area contributed by atoms with Crippen molar-refractivity contribution >= 4 is 0 Å². The van der Waals surface area contributed by atoms with E-state index in [9.17, 15) is 0 Å². The SMILES string of the molecule is Cn1cc(-c2noc(C3(CN)CCC3)n2)cn1. The predicted octanol–water partition coefficient (Wildman–Crippen LogP) is 0.851. The van der Waals surface area contributed by atoms with Crippen LogP contribution in [0.25, 0.3) is 11.4 Å². The maximum absolute atomic E-state index is 5.81. The monoisotopic (exact) mass is 233 g/mol. The summed E-state index contributed by atoms with van der Waals surface area (Å²) >= 11 is 0. The summed E-state index contributed by atoms with van der Waals surface area (Å²) in [6.45, 7) is 0.571. The minimum Gasteiger partial charge on any atom is -0.338 e. The highest BCUT2D eigenvalue weighted by molar-refractivity contribution is 5.51. The van der Waals surface area contributed by atoms with Crippen molar-refractivity contribution in [2.45, 2.75) is 24.7 Å². The molecule has 2 heterocycles. The molecular weight excluding hydrogens is 218 g/mol. The molecule has 2 N–H and O–H groups in total. The molecule has 6 heteroatoms. The largest absolute Gasteiger partial charge is 0.338 e. The van der Waals surface area contributed by atoms with Gasteiger partial charge in [-0.3, -0.25) is 4.68 Å². The molecule has 0 amide bonds. The smallest absolute Gasteiger partial charge is 0.234 e. The second kappa shape index (κ2) is 3.66. The van der Waals surface area contributed by atoms with E-state index in [1.807, 2.05) is 13.2 Å². The average molecular weight is 233 g/mol. The van der Waals surface area contributed by atoms with Gasteiger partial charge in [-0.1, -0.05) is 11.6 Å². The highest BCUT2D eigenvalue weighted by Crippen LogP contribution is 2.42. The van der Waals surface area contributed by atoms with Crippen LogP contribution in [0.2, 0.25) is 0 Å². The van der Waals surface area contributed by atoms with Crippen LogP contribution in [0.4, 0.5) is 0 Å². The summed E-state index contributed by atoms with van der Waals surface area (Å²) in [6.07, 6.45) is 6.85. The third kappa shape index (κ3) is 1.56. The summed E-state index contributed by atoms with van der Waals surface area (Å²) in [7, 11) is 1.86. The number of aromatic nitrogens is 4. The molecular formula is C11H15N5O. The normalized spacial score (nSPS) is 18.0. The average Bonchev–Trinajstić information content (AvgIpc) is 2.86. The van der Waals surface area contributed by atoms with Gasteiger partial charge in [-0.15, -0.1) is 0 Å². The first-order valence-electron chi connectivity index (χ1n) is 5.77. The fourth-order valence-electron chi connectivity index (χ4n) is 2.20. The molecule has 0 bridgehead atoms. The molecule has 1 saturated carbocycles. The van der Waals surface area contributed by atoms with E-state index < -0.39 is 0 Å². The van der Waals surface area contributed by atoms with Gasteiger partial charge in [0.25, 0.3) is 0 Å². The van der Waals surface area contributed by atoms with Crippen LogP contribution in [-0.2, 0) is 12.5 Å². The molecule has 2 aromatic heterocycles. The van der Waals surface area contributed by atoms with Gasteiger partial charge in [-0.05, 0) is 12.8 Å². The molecule has 6 nitrogen and oxygen atoms in total. The van der Waals surface area contributed by atoms with E-state index in [0.29, 0.717) is 18.3 Å². The summed E-state index contributed by atoms with van der Waals surface area (Å²) in [4.78, 5) is 4.45. The van der Waals surface area contributed by atoms with Gasteiger partial charge in [0.2, 0.25) is 11.7 Å². The molecule has 0 radical (unpaired) electrons. The molecule has 1 aliphatic rings. The van der Waals surface area contributed by atoms with Crippen LogP contribution in [0.15, 0.2) is 16.9 Å².